The number of halogens is 1. The lowest BCUT2D eigenvalue weighted by atomic mass is 9.78. The molecule has 1 amide bonds. The molecule has 0 spiro atoms. The number of nitrogens with one attached hydrogen (secondary N) is 2. The molecule has 6 rings (SSSR count). The number of benzene rings is 3. The summed E-state index contributed by atoms with van der Waals surface area (Å²) in [6.07, 6.45) is 2.60. The molecule has 3 aliphatic rings. The summed E-state index contributed by atoms with van der Waals surface area (Å²) in [6.45, 7) is 0.156. The van der Waals surface area contributed by atoms with Crippen LogP contribution in [0.3, 0.4) is 0 Å². The molecule has 0 saturated heterocycles. The molecule has 1 aliphatic carbocycles. The fourth-order valence-electron chi connectivity index (χ4n) is 5.16. The van der Waals surface area contributed by atoms with E-state index in [0.29, 0.717) is 34.2 Å². The lowest BCUT2D eigenvalue weighted by molar-refractivity contribution is -0.117. The first-order valence-corrected chi connectivity index (χ1v) is 13.0. The SMILES string of the molecule is CNS(=O)(=O)c1ccc2c(c1)C(C1C(Cc3cc4c(cc3Cl)OCO4)=Cc3ccccc31)C(=O)N2. The van der Waals surface area contributed by atoms with E-state index in [1.807, 2.05) is 30.3 Å². The van der Waals surface area contributed by atoms with Crippen molar-refractivity contribution in [3.63, 3.8) is 0 Å². The van der Waals surface area contributed by atoms with E-state index in [-0.39, 0.29) is 23.5 Å². The van der Waals surface area contributed by atoms with E-state index in [2.05, 4.69) is 16.1 Å². The fraction of sp³-hybridized carbons (Fsp3) is 0.192. The minimum Gasteiger partial charge on any atom is -0.454 e. The minimum absolute atomic E-state index is 0.121. The van der Waals surface area contributed by atoms with Gasteiger partial charge in [-0.3, -0.25) is 4.79 Å². The van der Waals surface area contributed by atoms with Crippen molar-refractivity contribution >= 4 is 39.3 Å². The molecule has 3 aromatic rings. The van der Waals surface area contributed by atoms with Crippen LogP contribution >= 0.6 is 11.6 Å². The molecule has 0 bridgehead atoms. The molecule has 0 fully saturated rings. The third-order valence-corrected chi connectivity index (χ3v) is 8.58. The van der Waals surface area contributed by atoms with Crippen LogP contribution < -0.4 is 19.5 Å². The summed E-state index contributed by atoms with van der Waals surface area (Å²) < 4.78 is 38.3. The number of rotatable bonds is 5. The number of allylic oxidation sites excluding steroid dienone is 1. The smallest absolute Gasteiger partial charge is 0.240 e. The Labute approximate surface area is 207 Å². The van der Waals surface area contributed by atoms with E-state index >= 15 is 0 Å². The first-order valence-electron chi connectivity index (χ1n) is 11.1. The summed E-state index contributed by atoms with van der Waals surface area (Å²) in [5.41, 5.74) is 5.22. The minimum atomic E-state index is -3.67. The van der Waals surface area contributed by atoms with Gasteiger partial charge in [0.15, 0.2) is 11.5 Å². The second-order valence-electron chi connectivity index (χ2n) is 8.72. The summed E-state index contributed by atoms with van der Waals surface area (Å²) in [6, 6.07) is 16.3. The highest BCUT2D eigenvalue weighted by Gasteiger charge is 2.42. The first kappa shape index (κ1) is 22.2. The van der Waals surface area contributed by atoms with Crippen molar-refractivity contribution in [1.29, 1.82) is 0 Å². The van der Waals surface area contributed by atoms with Crippen molar-refractivity contribution in [2.24, 2.45) is 0 Å². The topological polar surface area (TPSA) is 93.7 Å². The molecule has 35 heavy (non-hydrogen) atoms. The van der Waals surface area contributed by atoms with Crippen LogP contribution in [0.25, 0.3) is 6.08 Å². The normalized spacial score (nSPS) is 19.8. The van der Waals surface area contributed by atoms with Crippen molar-refractivity contribution in [3.8, 4) is 11.5 Å². The Morgan fingerprint density at radius 2 is 1.80 bits per heavy atom. The highest BCUT2D eigenvalue weighted by molar-refractivity contribution is 7.89. The van der Waals surface area contributed by atoms with Gasteiger partial charge in [0.05, 0.1) is 10.8 Å². The molecule has 2 N–H and O–H groups in total. The number of carbonyl (C=O) groups is 1. The maximum Gasteiger partial charge on any atom is 0.240 e. The molecule has 2 heterocycles. The van der Waals surface area contributed by atoms with E-state index in [4.69, 9.17) is 21.1 Å². The van der Waals surface area contributed by atoms with Crippen LogP contribution in [0.5, 0.6) is 11.5 Å². The number of anilines is 1. The predicted octanol–water partition coefficient (Wildman–Crippen LogP) is 4.44. The van der Waals surface area contributed by atoms with Crippen LogP contribution in [0.4, 0.5) is 5.69 Å². The Bertz CT molecular complexity index is 1530. The van der Waals surface area contributed by atoms with Gasteiger partial charge in [-0.05, 0) is 60.0 Å². The van der Waals surface area contributed by atoms with Gasteiger partial charge in [0.1, 0.15) is 0 Å². The first-order chi connectivity index (χ1) is 16.9. The van der Waals surface area contributed by atoms with Crippen molar-refractivity contribution in [3.05, 3.63) is 87.4 Å². The maximum absolute atomic E-state index is 13.3. The van der Waals surface area contributed by atoms with Gasteiger partial charge in [0.2, 0.25) is 22.7 Å². The van der Waals surface area contributed by atoms with Crippen molar-refractivity contribution in [2.75, 3.05) is 19.2 Å². The molecule has 0 radical (unpaired) electrons. The summed E-state index contributed by atoms with van der Waals surface area (Å²) in [5, 5.41) is 3.50. The molecule has 7 nitrogen and oxygen atoms in total. The second-order valence-corrected chi connectivity index (χ2v) is 11.0. The quantitative estimate of drug-likeness (QED) is 0.531. The van der Waals surface area contributed by atoms with E-state index < -0.39 is 15.9 Å². The van der Waals surface area contributed by atoms with Crippen LogP contribution in [0, 0.1) is 0 Å². The largest absolute Gasteiger partial charge is 0.454 e. The third kappa shape index (κ3) is 3.60. The molecule has 3 aromatic carbocycles. The average molecular weight is 509 g/mol. The number of ether oxygens (including phenoxy) is 2. The monoisotopic (exact) mass is 508 g/mol. The van der Waals surface area contributed by atoms with E-state index in [1.54, 1.807) is 18.2 Å². The number of carbonyl (C=O) groups excluding carboxylic acids is 1. The lowest BCUT2D eigenvalue weighted by Gasteiger charge is -2.23. The molecule has 2 aliphatic heterocycles. The van der Waals surface area contributed by atoms with Gasteiger partial charge in [0, 0.05) is 22.7 Å². The Hall–Kier alpha value is -3.33. The Morgan fingerprint density at radius 1 is 1.03 bits per heavy atom. The van der Waals surface area contributed by atoms with Crippen LogP contribution in [0.1, 0.15) is 34.1 Å². The summed E-state index contributed by atoms with van der Waals surface area (Å²) in [5.74, 6) is 0.230. The summed E-state index contributed by atoms with van der Waals surface area (Å²) >= 11 is 6.59. The predicted molar refractivity (Wildman–Crippen MR) is 132 cm³/mol. The molecular weight excluding hydrogens is 488 g/mol. The van der Waals surface area contributed by atoms with Crippen molar-refractivity contribution in [2.45, 2.75) is 23.2 Å². The van der Waals surface area contributed by atoms with E-state index in [0.717, 1.165) is 22.3 Å². The Kier molecular flexibility index (Phi) is 5.14. The molecule has 2 atom stereocenters. The summed E-state index contributed by atoms with van der Waals surface area (Å²) in [7, 11) is -2.30. The highest BCUT2D eigenvalue weighted by atomic mass is 35.5. The third-order valence-electron chi connectivity index (χ3n) is 6.82. The number of sulfonamides is 1. The molecule has 0 aromatic heterocycles. The number of hydrogen-bond donors (Lipinski definition) is 2. The van der Waals surface area contributed by atoms with Gasteiger partial charge >= 0.3 is 0 Å². The zero-order valence-electron chi connectivity index (χ0n) is 18.7. The average Bonchev–Trinajstić information content (AvgIpc) is 3.53. The zero-order chi connectivity index (χ0) is 24.3. The Morgan fingerprint density at radius 3 is 2.60 bits per heavy atom. The van der Waals surface area contributed by atoms with Gasteiger partial charge in [0.25, 0.3) is 0 Å². The maximum atomic E-state index is 13.3. The van der Waals surface area contributed by atoms with Crippen LogP contribution in [-0.2, 0) is 21.2 Å². The molecular formula is C26H21ClN2O5S. The number of fused-ring (bicyclic) bond motifs is 3. The van der Waals surface area contributed by atoms with Gasteiger partial charge in [-0.2, -0.15) is 0 Å². The fourth-order valence-corrected chi connectivity index (χ4v) is 6.15. The zero-order valence-corrected chi connectivity index (χ0v) is 20.2. The van der Waals surface area contributed by atoms with Gasteiger partial charge in [-0.25, -0.2) is 13.1 Å². The molecule has 2 unspecified atom stereocenters. The van der Waals surface area contributed by atoms with E-state index in [1.165, 1.54) is 13.1 Å². The lowest BCUT2D eigenvalue weighted by Crippen LogP contribution is -2.21. The second kappa shape index (κ2) is 8.12. The number of amides is 1. The van der Waals surface area contributed by atoms with Gasteiger partial charge in [-0.1, -0.05) is 47.5 Å². The van der Waals surface area contributed by atoms with Crippen molar-refractivity contribution < 1.29 is 22.7 Å². The van der Waals surface area contributed by atoms with Crippen LogP contribution in [-0.4, -0.2) is 28.2 Å². The number of hydrogen-bond acceptors (Lipinski definition) is 5. The van der Waals surface area contributed by atoms with Gasteiger partial charge < -0.3 is 14.8 Å². The van der Waals surface area contributed by atoms with Crippen LogP contribution in [0.15, 0.2) is 65.1 Å². The Balaban J connectivity index is 1.45. The summed E-state index contributed by atoms with van der Waals surface area (Å²) in [4.78, 5) is 13.4. The molecule has 0 saturated carbocycles. The van der Waals surface area contributed by atoms with Crippen molar-refractivity contribution in [1.82, 2.24) is 4.72 Å². The highest BCUT2D eigenvalue weighted by Crippen LogP contribution is 2.51. The standard InChI is InChI=1S/C26H21ClN2O5S/c1-28-35(31,32)17-6-7-21-19(11-17)25(26(30)29-21)24-16(8-14-4-2-3-5-18(14)24)9-15-10-22-23(12-20(15)27)34-13-33-22/h2-8,10-12,24-25,28H,9,13H2,1H3,(H,29,30). The van der Waals surface area contributed by atoms with E-state index in [9.17, 15) is 13.2 Å². The molecule has 9 heteroatoms. The molecule has 178 valence electrons. The van der Waals surface area contributed by atoms with Gasteiger partial charge in [-0.15, -0.1) is 0 Å². The van der Waals surface area contributed by atoms with Crippen LogP contribution in [0.2, 0.25) is 5.02 Å².